The smallest absolute Gasteiger partial charge is 0.241 e. The first-order valence-corrected chi connectivity index (χ1v) is 6.47. The minimum atomic E-state index is -0.0787. The lowest BCUT2D eigenvalue weighted by Gasteiger charge is -2.03. The second-order valence-electron chi connectivity index (χ2n) is 3.93. The maximum Gasteiger partial charge on any atom is 0.241 e. The number of anilines is 1. The van der Waals surface area contributed by atoms with Gasteiger partial charge in [-0.25, -0.2) is 4.98 Å². The van der Waals surface area contributed by atoms with Crippen LogP contribution in [-0.4, -0.2) is 27.2 Å². The molecule has 2 aromatic heterocycles. The van der Waals surface area contributed by atoms with E-state index in [0.717, 1.165) is 17.1 Å². The lowest BCUT2D eigenvalue weighted by molar-refractivity contribution is -0.121. The molecule has 2 rings (SSSR count). The highest BCUT2D eigenvalue weighted by atomic mass is 32.1. The highest BCUT2D eigenvalue weighted by molar-refractivity contribution is 7.09. The number of aryl methyl sites for hydroxylation is 1. The monoisotopic (exact) mass is 265 g/mol. The summed E-state index contributed by atoms with van der Waals surface area (Å²) in [6.07, 6.45) is 3.89. The lowest BCUT2D eigenvalue weighted by Crippen LogP contribution is -2.29. The van der Waals surface area contributed by atoms with Gasteiger partial charge in [0, 0.05) is 24.5 Å². The normalized spacial score (nSPS) is 10.5. The van der Waals surface area contributed by atoms with Crippen LogP contribution in [0.15, 0.2) is 17.8 Å². The van der Waals surface area contributed by atoms with Gasteiger partial charge in [0.05, 0.1) is 22.6 Å². The third-order valence-corrected chi connectivity index (χ3v) is 3.15. The number of nitrogens with one attached hydrogen (secondary N) is 1. The summed E-state index contributed by atoms with van der Waals surface area (Å²) in [7, 11) is 0. The van der Waals surface area contributed by atoms with Crippen LogP contribution in [0.4, 0.5) is 5.69 Å². The predicted molar refractivity (Wildman–Crippen MR) is 70.2 cm³/mol. The summed E-state index contributed by atoms with van der Waals surface area (Å²) in [6, 6.07) is 0. The highest BCUT2D eigenvalue weighted by Crippen LogP contribution is 2.07. The molecule has 0 spiro atoms. The summed E-state index contributed by atoms with van der Waals surface area (Å²) in [6.45, 7) is 2.74. The molecule has 0 unspecified atom stereocenters. The van der Waals surface area contributed by atoms with Crippen molar-refractivity contribution in [2.24, 2.45) is 0 Å². The van der Waals surface area contributed by atoms with Gasteiger partial charge in [-0.2, -0.15) is 5.10 Å². The van der Waals surface area contributed by atoms with E-state index in [9.17, 15) is 4.79 Å². The molecule has 0 saturated carbocycles. The molecule has 0 aliphatic carbocycles. The van der Waals surface area contributed by atoms with Crippen LogP contribution in [-0.2, 0) is 17.8 Å². The van der Waals surface area contributed by atoms with Crippen molar-refractivity contribution in [2.75, 3.05) is 12.3 Å². The molecule has 0 aromatic carbocycles. The number of hydrogen-bond acceptors (Lipinski definition) is 5. The molecule has 0 fully saturated rings. The molecule has 0 atom stereocenters. The van der Waals surface area contributed by atoms with Gasteiger partial charge in [-0.3, -0.25) is 9.48 Å². The van der Waals surface area contributed by atoms with E-state index in [2.05, 4.69) is 15.4 Å². The fourth-order valence-corrected chi connectivity index (χ4v) is 2.17. The van der Waals surface area contributed by atoms with Gasteiger partial charge in [-0.1, -0.05) is 0 Å². The minimum Gasteiger partial charge on any atom is -0.396 e. The summed E-state index contributed by atoms with van der Waals surface area (Å²) in [5, 5.41) is 9.82. The topological polar surface area (TPSA) is 85.8 Å². The maximum atomic E-state index is 11.6. The van der Waals surface area contributed by atoms with Gasteiger partial charge in [0.2, 0.25) is 5.91 Å². The number of rotatable bonds is 5. The standard InChI is InChI=1S/C11H15N5OS/c1-8-15-10(7-18-8)2-3-13-11(17)6-16-5-9(12)4-14-16/h4-5,7H,2-3,6,12H2,1H3,(H,13,17). The Kier molecular flexibility index (Phi) is 3.93. The van der Waals surface area contributed by atoms with Crippen LogP contribution in [0.5, 0.6) is 0 Å². The molecule has 2 heterocycles. The Morgan fingerprint density at radius 2 is 2.44 bits per heavy atom. The SMILES string of the molecule is Cc1nc(CCNC(=O)Cn2cc(N)cn2)cs1. The van der Waals surface area contributed by atoms with E-state index in [-0.39, 0.29) is 12.5 Å². The summed E-state index contributed by atoms with van der Waals surface area (Å²) in [4.78, 5) is 15.9. The van der Waals surface area contributed by atoms with Gasteiger partial charge in [0.25, 0.3) is 0 Å². The van der Waals surface area contributed by atoms with E-state index in [4.69, 9.17) is 5.73 Å². The van der Waals surface area contributed by atoms with Gasteiger partial charge in [-0.05, 0) is 6.92 Å². The predicted octanol–water partition coefficient (Wildman–Crippen LogP) is 0.589. The number of thiazole rings is 1. The molecule has 0 aliphatic rings. The van der Waals surface area contributed by atoms with Crippen molar-refractivity contribution in [1.82, 2.24) is 20.1 Å². The van der Waals surface area contributed by atoms with Crippen molar-refractivity contribution in [3.63, 3.8) is 0 Å². The Labute approximate surface area is 109 Å². The lowest BCUT2D eigenvalue weighted by atomic mass is 10.3. The number of hydrogen-bond donors (Lipinski definition) is 2. The van der Waals surface area contributed by atoms with Crippen LogP contribution in [0, 0.1) is 6.92 Å². The highest BCUT2D eigenvalue weighted by Gasteiger charge is 2.04. The van der Waals surface area contributed by atoms with Crippen molar-refractivity contribution >= 4 is 22.9 Å². The van der Waals surface area contributed by atoms with E-state index >= 15 is 0 Å². The Hall–Kier alpha value is -1.89. The number of nitrogen functional groups attached to an aromatic ring is 1. The molecular weight excluding hydrogens is 250 g/mol. The molecule has 0 radical (unpaired) electrons. The zero-order chi connectivity index (χ0) is 13.0. The van der Waals surface area contributed by atoms with Crippen molar-refractivity contribution in [2.45, 2.75) is 19.9 Å². The van der Waals surface area contributed by atoms with E-state index in [1.165, 1.54) is 10.9 Å². The number of carbonyl (C=O) groups is 1. The molecular formula is C11H15N5OS. The van der Waals surface area contributed by atoms with E-state index in [1.54, 1.807) is 17.5 Å². The van der Waals surface area contributed by atoms with Crippen LogP contribution in [0.1, 0.15) is 10.7 Å². The number of carbonyl (C=O) groups excluding carboxylic acids is 1. The Balaban J connectivity index is 1.72. The molecule has 3 N–H and O–H groups in total. The second-order valence-corrected chi connectivity index (χ2v) is 4.99. The molecule has 0 bridgehead atoms. The third kappa shape index (κ3) is 3.56. The van der Waals surface area contributed by atoms with Crippen LogP contribution >= 0.6 is 11.3 Å². The van der Waals surface area contributed by atoms with E-state index in [1.807, 2.05) is 12.3 Å². The van der Waals surface area contributed by atoms with Gasteiger partial charge in [0.15, 0.2) is 0 Å². The number of nitrogens with zero attached hydrogens (tertiary/aromatic N) is 3. The first-order chi connectivity index (χ1) is 8.63. The van der Waals surface area contributed by atoms with E-state index < -0.39 is 0 Å². The van der Waals surface area contributed by atoms with E-state index in [0.29, 0.717) is 12.2 Å². The van der Waals surface area contributed by atoms with Crippen molar-refractivity contribution in [3.8, 4) is 0 Å². The molecule has 6 nitrogen and oxygen atoms in total. The summed E-state index contributed by atoms with van der Waals surface area (Å²) in [5.41, 5.74) is 7.08. The Morgan fingerprint density at radius 1 is 1.61 bits per heavy atom. The quantitative estimate of drug-likeness (QED) is 0.828. The molecule has 96 valence electrons. The Bertz CT molecular complexity index is 533. The van der Waals surface area contributed by atoms with Gasteiger partial charge >= 0.3 is 0 Å². The third-order valence-electron chi connectivity index (χ3n) is 2.33. The molecule has 7 heteroatoms. The maximum absolute atomic E-state index is 11.6. The summed E-state index contributed by atoms with van der Waals surface area (Å²) < 4.78 is 1.51. The van der Waals surface area contributed by atoms with Crippen molar-refractivity contribution < 1.29 is 4.79 Å². The van der Waals surface area contributed by atoms with Crippen LogP contribution in [0.3, 0.4) is 0 Å². The second kappa shape index (κ2) is 5.63. The van der Waals surface area contributed by atoms with Crippen molar-refractivity contribution in [3.05, 3.63) is 28.5 Å². The number of amides is 1. The number of aromatic nitrogens is 3. The van der Waals surface area contributed by atoms with Crippen LogP contribution in [0.25, 0.3) is 0 Å². The van der Waals surface area contributed by atoms with Crippen molar-refractivity contribution in [1.29, 1.82) is 0 Å². The summed E-state index contributed by atoms with van der Waals surface area (Å²) >= 11 is 1.62. The van der Waals surface area contributed by atoms with Crippen LogP contribution in [0.2, 0.25) is 0 Å². The zero-order valence-corrected chi connectivity index (χ0v) is 10.9. The largest absolute Gasteiger partial charge is 0.396 e. The van der Waals surface area contributed by atoms with Gasteiger partial charge < -0.3 is 11.1 Å². The average Bonchev–Trinajstić information content (AvgIpc) is 2.88. The van der Waals surface area contributed by atoms with Crippen LogP contribution < -0.4 is 11.1 Å². The molecule has 18 heavy (non-hydrogen) atoms. The minimum absolute atomic E-state index is 0.0787. The zero-order valence-electron chi connectivity index (χ0n) is 10.1. The molecule has 0 aliphatic heterocycles. The molecule has 0 saturated heterocycles. The van der Waals surface area contributed by atoms with Gasteiger partial charge in [0.1, 0.15) is 6.54 Å². The summed E-state index contributed by atoms with van der Waals surface area (Å²) in [5.74, 6) is -0.0787. The average molecular weight is 265 g/mol. The fraction of sp³-hybridized carbons (Fsp3) is 0.364. The van der Waals surface area contributed by atoms with Gasteiger partial charge in [-0.15, -0.1) is 11.3 Å². The Morgan fingerprint density at radius 3 is 3.06 bits per heavy atom. The first kappa shape index (κ1) is 12.6. The fourth-order valence-electron chi connectivity index (χ4n) is 1.52. The molecule has 2 aromatic rings. The number of nitrogens with two attached hydrogens (primary N) is 1. The first-order valence-electron chi connectivity index (χ1n) is 5.59. The molecule has 1 amide bonds.